The van der Waals surface area contributed by atoms with Crippen LogP contribution in [-0.2, 0) is 0 Å². The summed E-state index contributed by atoms with van der Waals surface area (Å²) in [5, 5.41) is 0. The summed E-state index contributed by atoms with van der Waals surface area (Å²) in [6.45, 7) is 4.29. The SMILES string of the molecule is Cc1ccc(C(C)C2CC2(Cl)Cl)cc1. The Labute approximate surface area is 95.2 Å². The first kappa shape index (κ1) is 10.3. The van der Waals surface area contributed by atoms with Crippen LogP contribution in [-0.4, -0.2) is 4.33 Å². The molecule has 76 valence electrons. The monoisotopic (exact) mass is 228 g/mol. The van der Waals surface area contributed by atoms with Crippen molar-refractivity contribution in [3.05, 3.63) is 35.4 Å². The van der Waals surface area contributed by atoms with Crippen molar-refractivity contribution in [1.82, 2.24) is 0 Å². The van der Waals surface area contributed by atoms with Crippen LogP contribution < -0.4 is 0 Å². The smallest absolute Gasteiger partial charge is 0.101 e. The standard InChI is InChI=1S/C12H14Cl2/c1-8-3-5-10(6-4-8)9(2)11-7-12(11,13)14/h3-6,9,11H,7H2,1-2H3. The van der Waals surface area contributed by atoms with Crippen LogP contribution in [0.1, 0.15) is 30.4 Å². The Bertz CT molecular complexity index is 327. The Morgan fingerprint density at radius 3 is 2.21 bits per heavy atom. The van der Waals surface area contributed by atoms with Crippen molar-refractivity contribution in [2.75, 3.05) is 0 Å². The lowest BCUT2D eigenvalue weighted by atomic mass is 9.96. The van der Waals surface area contributed by atoms with Crippen LogP contribution in [0.3, 0.4) is 0 Å². The number of rotatable bonds is 2. The first-order valence-electron chi connectivity index (χ1n) is 4.95. The molecule has 2 unspecified atom stereocenters. The molecule has 0 spiro atoms. The van der Waals surface area contributed by atoms with Gasteiger partial charge in [-0.25, -0.2) is 0 Å². The van der Waals surface area contributed by atoms with Gasteiger partial charge in [0.1, 0.15) is 4.33 Å². The first-order valence-corrected chi connectivity index (χ1v) is 5.71. The minimum atomic E-state index is -0.468. The summed E-state index contributed by atoms with van der Waals surface area (Å²) in [6, 6.07) is 8.61. The van der Waals surface area contributed by atoms with E-state index >= 15 is 0 Å². The zero-order chi connectivity index (χ0) is 10.3. The molecule has 14 heavy (non-hydrogen) atoms. The number of halogens is 2. The summed E-state index contributed by atoms with van der Waals surface area (Å²) < 4.78 is -0.468. The Balaban J connectivity index is 2.13. The average Bonchev–Trinajstić information content (AvgIpc) is 2.75. The Morgan fingerprint density at radius 2 is 1.79 bits per heavy atom. The lowest BCUT2D eigenvalue weighted by Crippen LogP contribution is -2.01. The second kappa shape index (κ2) is 3.43. The molecule has 1 aliphatic carbocycles. The molecular formula is C12H14Cl2. The van der Waals surface area contributed by atoms with Gasteiger partial charge in [0.25, 0.3) is 0 Å². The maximum atomic E-state index is 6.05. The molecule has 0 saturated heterocycles. The van der Waals surface area contributed by atoms with E-state index in [2.05, 4.69) is 38.1 Å². The van der Waals surface area contributed by atoms with Gasteiger partial charge in [-0.1, -0.05) is 36.8 Å². The molecule has 2 heteroatoms. The molecule has 0 radical (unpaired) electrons. The Hall–Kier alpha value is -0.200. The van der Waals surface area contributed by atoms with E-state index in [1.807, 2.05) is 0 Å². The predicted molar refractivity (Wildman–Crippen MR) is 62.1 cm³/mol. The van der Waals surface area contributed by atoms with Gasteiger partial charge in [0.15, 0.2) is 0 Å². The second-order valence-corrected chi connectivity index (χ2v) is 5.81. The first-order chi connectivity index (χ1) is 6.50. The molecule has 1 aromatic carbocycles. The predicted octanol–water partition coefficient (Wildman–Crippen LogP) is 4.29. The lowest BCUT2D eigenvalue weighted by molar-refractivity contribution is 0.656. The molecule has 0 aliphatic heterocycles. The molecule has 1 aliphatic rings. The molecule has 0 N–H and O–H groups in total. The van der Waals surface area contributed by atoms with E-state index in [-0.39, 0.29) is 0 Å². The number of aryl methyl sites for hydroxylation is 1. The van der Waals surface area contributed by atoms with Gasteiger partial charge in [0.05, 0.1) is 0 Å². The van der Waals surface area contributed by atoms with Crippen molar-refractivity contribution < 1.29 is 0 Å². The van der Waals surface area contributed by atoms with Gasteiger partial charge in [-0.15, -0.1) is 23.2 Å². The third kappa shape index (κ3) is 1.92. The van der Waals surface area contributed by atoms with E-state index in [0.717, 1.165) is 6.42 Å². The molecule has 2 atom stereocenters. The van der Waals surface area contributed by atoms with Crippen molar-refractivity contribution in [3.63, 3.8) is 0 Å². The fourth-order valence-corrected chi connectivity index (χ4v) is 2.59. The summed E-state index contributed by atoms with van der Waals surface area (Å²) in [5.74, 6) is 0.888. The maximum absolute atomic E-state index is 6.05. The van der Waals surface area contributed by atoms with Gasteiger partial charge in [-0.3, -0.25) is 0 Å². The largest absolute Gasteiger partial charge is 0.122 e. The van der Waals surface area contributed by atoms with Gasteiger partial charge in [-0.2, -0.15) is 0 Å². The summed E-state index contributed by atoms with van der Waals surface area (Å²) >= 11 is 12.1. The Kier molecular flexibility index (Phi) is 2.53. The maximum Gasteiger partial charge on any atom is 0.122 e. The number of alkyl halides is 2. The highest BCUT2D eigenvalue weighted by Crippen LogP contribution is 2.59. The highest BCUT2D eigenvalue weighted by molar-refractivity contribution is 6.50. The number of benzene rings is 1. The van der Waals surface area contributed by atoms with Crippen molar-refractivity contribution in [2.45, 2.75) is 30.5 Å². The highest BCUT2D eigenvalue weighted by atomic mass is 35.5. The zero-order valence-corrected chi connectivity index (χ0v) is 9.94. The van der Waals surface area contributed by atoms with Gasteiger partial charge < -0.3 is 0 Å². The van der Waals surface area contributed by atoms with Crippen LogP contribution in [0.25, 0.3) is 0 Å². The number of hydrogen-bond donors (Lipinski definition) is 0. The average molecular weight is 229 g/mol. The van der Waals surface area contributed by atoms with Crippen molar-refractivity contribution in [1.29, 1.82) is 0 Å². The van der Waals surface area contributed by atoms with Crippen LogP contribution in [0.15, 0.2) is 24.3 Å². The van der Waals surface area contributed by atoms with Crippen LogP contribution in [0.4, 0.5) is 0 Å². The van der Waals surface area contributed by atoms with Crippen LogP contribution in [0, 0.1) is 12.8 Å². The second-order valence-electron chi connectivity index (χ2n) is 4.27. The molecule has 0 heterocycles. The van der Waals surface area contributed by atoms with E-state index in [1.54, 1.807) is 0 Å². The fourth-order valence-electron chi connectivity index (χ4n) is 1.88. The third-order valence-electron chi connectivity index (χ3n) is 3.08. The van der Waals surface area contributed by atoms with E-state index < -0.39 is 4.33 Å². The molecule has 0 bridgehead atoms. The quantitative estimate of drug-likeness (QED) is 0.663. The van der Waals surface area contributed by atoms with Crippen molar-refractivity contribution >= 4 is 23.2 Å². The van der Waals surface area contributed by atoms with Crippen molar-refractivity contribution in [2.24, 2.45) is 5.92 Å². The van der Waals surface area contributed by atoms with Crippen molar-refractivity contribution in [3.8, 4) is 0 Å². The minimum absolute atomic E-state index is 0.425. The normalized spacial score (nSPS) is 25.9. The molecule has 1 aromatic rings. The molecule has 0 aromatic heterocycles. The van der Waals surface area contributed by atoms with E-state index in [9.17, 15) is 0 Å². The lowest BCUT2D eigenvalue weighted by Gasteiger charge is -2.12. The molecular weight excluding hydrogens is 215 g/mol. The van der Waals surface area contributed by atoms with E-state index in [4.69, 9.17) is 23.2 Å². The zero-order valence-electron chi connectivity index (χ0n) is 8.43. The minimum Gasteiger partial charge on any atom is -0.101 e. The molecule has 2 rings (SSSR count). The molecule has 0 amide bonds. The van der Waals surface area contributed by atoms with Crippen LogP contribution in [0.2, 0.25) is 0 Å². The molecule has 0 nitrogen and oxygen atoms in total. The fraction of sp³-hybridized carbons (Fsp3) is 0.500. The molecule has 1 saturated carbocycles. The van der Waals surface area contributed by atoms with Crippen LogP contribution in [0.5, 0.6) is 0 Å². The van der Waals surface area contributed by atoms with Gasteiger partial charge >= 0.3 is 0 Å². The van der Waals surface area contributed by atoms with E-state index in [1.165, 1.54) is 11.1 Å². The number of hydrogen-bond acceptors (Lipinski definition) is 0. The summed E-state index contributed by atoms with van der Waals surface area (Å²) in [4.78, 5) is 0. The van der Waals surface area contributed by atoms with Gasteiger partial charge in [-0.05, 0) is 24.8 Å². The Morgan fingerprint density at radius 1 is 1.29 bits per heavy atom. The molecule has 1 fully saturated rings. The van der Waals surface area contributed by atoms with Gasteiger partial charge in [0.2, 0.25) is 0 Å². The summed E-state index contributed by atoms with van der Waals surface area (Å²) in [7, 11) is 0. The summed E-state index contributed by atoms with van der Waals surface area (Å²) in [5.41, 5.74) is 2.63. The van der Waals surface area contributed by atoms with Gasteiger partial charge in [0, 0.05) is 5.92 Å². The summed E-state index contributed by atoms with van der Waals surface area (Å²) in [6.07, 6.45) is 0.922. The highest BCUT2D eigenvalue weighted by Gasteiger charge is 2.54. The van der Waals surface area contributed by atoms with E-state index in [0.29, 0.717) is 11.8 Å². The van der Waals surface area contributed by atoms with Crippen LogP contribution >= 0.6 is 23.2 Å². The third-order valence-corrected chi connectivity index (χ3v) is 3.95. The topological polar surface area (TPSA) is 0 Å².